The maximum Gasteiger partial charge on any atom is 0.290 e. The van der Waals surface area contributed by atoms with E-state index in [1.807, 2.05) is 41.3 Å². The van der Waals surface area contributed by atoms with Crippen LogP contribution in [-0.2, 0) is 22.6 Å². The molecule has 0 saturated heterocycles. The van der Waals surface area contributed by atoms with Crippen LogP contribution in [0.25, 0.3) is 5.57 Å². The lowest BCUT2D eigenvalue weighted by atomic mass is 9.92. The number of aryl methyl sites for hydroxylation is 1. The number of benzene rings is 3. The summed E-state index contributed by atoms with van der Waals surface area (Å²) in [6, 6.07) is 15.2. The Morgan fingerprint density at radius 1 is 1.05 bits per heavy atom. The number of hydrogen-bond donors (Lipinski definition) is 2. The van der Waals surface area contributed by atoms with Gasteiger partial charge in [0.1, 0.15) is 0 Å². The highest BCUT2D eigenvalue weighted by Gasteiger charge is 2.35. The number of carbonyl (C=O) groups is 2. The number of nitrogens with one attached hydrogen (secondary N) is 1. The van der Waals surface area contributed by atoms with E-state index in [0.29, 0.717) is 36.0 Å². The summed E-state index contributed by atoms with van der Waals surface area (Å²) in [6.45, 7) is 1.47. The summed E-state index contributed by atoms with van der Waals surface area (Å²) in [5.74, 6) is -4.08. The summed E-state index contributed by atoms with van der Waals surface area (Å²) in [5.41, 5.74) is 4.63. The molecule has 1 aliphatic carbocycles. The number of halogens is 5. The number of carbonyl (C=O) groups excluding carboxylic acids is 1. The third-order valence-electron chi connectivity index (χ3n) is 7.26. The van der Waals surface area contributed by atoms with Crippen molar-refractivity contribution in [2.24, 2.45) is 0 Å². The first kappa shape index (κ1) is 32.4. The van der Waals surface area contributed by atoms with Crippen molar-refractivity contribution < 1.29 is 32.6 Å². The molecule has 2 N–H and O–H groups in total. The van der Waals surface area contributed by atoms with Gasteiger partial charge in [0, 0.05) is 24.7 Å². The smallest absolute Gasteiger partial charge is 0.290 e. The first-order valence-electron chi connectivity index (χ1n) is 13.8. The molecule has 1 aliphatic heterocycles. The highest BCUT2D eigenvalue weighted by Crippen LogP contribution is 2.35. The highest BCUT2D eigenvalue weighted by atomic mass is 35.5. The molecule has 43 heavy (non-hydrogen) atoms. The van der Waals surface area contributed by atoms with E-state index in [1.54, 1.807) is 6.07 Å². The second kappa shape index (κ2) is 15.3. The van der Waals surface area contributed by atoms with Crippen LogP contribution in [0, 0.1) is 17.5 Å². The summed E-state index contributed by atoms with van der Waals surface area (Å²) < 4.78 is 46.1. The lowest BCUT2D eigenvalue weighted by Crippen LogP contribution is -2.39. The van der Waals surface area contributed by atoms with Gasteiger partial charge < -0.3 is 20.1 Å². The SMILES string of the molecule is O=C(C1=C(c2ccc(CCCOc3c(F)ccc(F)c3F)cc2)CCNC1)N(Cc1cccc(Cl)c1Cl)C1CC1.O=CO. The Morgan fingerprint density at radius 2 is 1.74 bits per heavy atom. The molecule has 1 saturated carbocycles. The van der Waals surface area contributed by atoms with Crippen molar-refractivity contribution in [1.29, 1.82) is 0 Å². The minimum absolute atomic E-state index is 0.0128. The molecule has 0 bridgehead atoms. The van der Waals surface area contributed by atoms with Crippen LogP contribution in [0.1, 0.15) is 42.4 Å². The average molecular weight is 636 g/mol. The van der Waals surface area contributed by atoms with Crippen LogP contribution >= 0.6 is 23.2 Å². The fourth-order valence-electron chi connectivity index (χ4n) is 4.95. The third kappa shape index (κ3) is 8.31. The molecule has 5 rings (SSSR count). The Hall–Kier alpha value is -3.53. The number of amides is 1. The summed E-state index contributed by atoms with van der Waals surface area (Å²) in [4.78, 5) is 24.1. The second-order valence-corrected chi connectivity index (χ2v) is 11.0. The highest BCUT2D eigenvalue weighted by molar-refractivity contribution is 6.42. The van der Waals surface area contributed by atoms with Crippen molar-refractivity contribution in [2.75, 3.05) is 19.7 Å². The molecule has 2 aliphatic rings. The molecule has 1 heterocycles. The molecule has 0 spiro atoms. The second-order valence-electron chi connectivity index (χ2n) is 10.2. The Bertz CT molecular complexity index is 1480. The molecule has 1 fully saturated rings. The number of carboxylic acid groups (broad SMARTS) is 1. The van der Waals surface area contributed by atoms with Crippen LogP contribution in [0.2, 0.25) is 10.0 Å². The molecule has 228 valence electrons. The van der Waals surface area contributed by atoms with Crippen molar-refractivity contribution in [3.8, 4) is 5.75 Å². The fourth-order valence-corrected chi connectivity index (χ4v) is 5.33. The number of nitrogens with zero attached hydrogens (tertiary/aromatic N) is 1. The van der Waals surface area contributed by atoms with Crippen LogP contribution in [0.3, 0.4) is 0 Å². The Labute approximate surface area is 258 Å². The summed E-state index contributed by atoms with van der Waals surface area (Å²) >= 11 is 12.7. The van der Waals surface area contributed by atoms with Crippen LogP contribution in [0.15, 0.2) is 60.2 Å². The number of rotatable bonds is 10. The molecule has 0 radical (unpaired) electrons. The van der Waals surface area contributed by atoms with E-state index in [1.165, 1.54) is 0 Å². The van der Waals surface area contributed by atoms with E-state index in [2.05, 4.69) is 5.32 Å². The first-order chi connectivity index (χ1) is 20.7. The van der Waals surface area contributed by atoms with Gasteiger partial charge in [-0.1, -0.05) is 59.6 Å². The van der Waals surface area contributed by atoms with Crippen LogP contribution < -0.4 is 10.1 Å². The zero-order chi connectivity index (χ0) is 30.9. The zero-order valence-corrected chi connectivity index (χ0v) is 24.7. The van der Waals surface area contributed by atoms with Gasteiger partial charge in [-0.05, 0) is 79.1 Å². The third-order valence-corrected chi connectivity index (χ3v) is 8.12. The van der Waals surface area contributed by atoms with Gasteiger partial charge in [-0.3, -0.25) is 9.59 Å². The number of ether oxygens (including phenoxy) is 1. The van der Waals surface area contributed by atoms with Crippen molar-refractivity contribution in [3.05, 3.63) is 104 Å². The van der Waals surface area contributed by atoms with E-state index in [0.717, 1.165) is 65.8 Å². The standard InChI is InChI=1S/C31H29Cl2F3N2O2.CH2O2/c32-25-5-1-4-21(28(25)33)18-38(22-10-11-22)31(39)24-17-37-15-14-23(24)20-8-6-19(7-9-20)3-2-16-40-30-27(35)13-12-26(34)29(30)36;2-1-3/h1,4-9,12-13,22,37H,2-3,10-11,14-18H2;1H,(H,2,3). The monoisotopic (exact) mass is 634 g/mol. The molecule has 3 aromatic carbocycles. The Morgan fingerprint density at radius 3 is 2.44 bits per heavy atom. The van der Waals surface area contributed by atoms with Gasteiger partial charge in [-0.25, -0.2) is 8.78 Å². The average Bonchev–Trinajstić information content (AvgIpc) is 3.85. The van der Waals surface area contributed by atoms with Gasteiger partial charge in [0.2, 0.25) is 5.82 Å². The van der Waals surface area contributed by atoms with Crippen molar-refractivity contribution in [1.82, 2.24) is 10.2 Å². The normalized spacial score (nSPS) is 14.5. The summed E-state index contributed by atoms with van der Waals surface area (Å²) in [5, 5.41) is 11.2. The van der Waals surface area contributed by atoms with Gasteiger partial charge in [-0.2, -0.15) is 4.39 Å². The largest absolute Gasteiger partial charge is 0.488 e. The Balaban J connectivity index is 0.00000135. The Kier molecular flexibility index (Phi) is 11.5. The van der Waals surface area contributed by atoms with E-state index in [4.69, 9.17) is 37.8 Å². The van der Waals surface area contributed by atoms with Crippen molar-refractivity contribution in [3.63, 3.8) is 0 Å². The maximum absolute atomic E-state index is 13.9. The van der Waals surface area contributed by atoms with Crippen LogP contribution in [-0.4, -0.2) is 48.1 Å². The van der Waals surface area contributed by atoms with E-state index < -0.39 is 23.2 Å². The molecule has 0 unspecified atom stereocenters. The van der Waals surface area contributed by atoms with Crippen LogP contribution in [0.5, 0.6) is 5.75 Å². The van der Waals surface area contributed by atoms with Gasteiger partial charge in [0.05, 0.1) is 16.7 Å². The lowest BCUT2D eigenvalue weighted by Gasteiger charge is -2.28. The van der Waals surface area contributed by atoms with Crippen molar-refractivity contribution >= 4 is 41.2 Å². The van der Waals surface area contributed by atoms with Crippen molar-refractivity contribution in [2.45, 2.75) is 44.7 Å². The van der Waals surface area contributed by atoms with Crippen LogP contribution in [0.4, 0.5) is 13.2 Å². The molecular formula is C32H31Cl2F3N2O4. The van der Waals surface area contributed by atoms with Gasteiger partial charge in [-0.15, -0.1) is 0 Å². The molecular weight excluding hydrogens is 604 g/mol. The van der Waals surface area contributed by atoms with Gasteiger partial charge in [0.15, 0.2) is 17.4 Å². The van der Waals surface area contributed by atoms with E-state index >= 15 is 0 Å². The summed E-state index contributed by atoms with van der Waals surface area (Å²) in [7, 11) is 0. The molecule has 6 nitrogen and oxygen atoms in total. The van der Waals surface area contributed by atoms with E-state index in [9.17, 15) is 18.0 Å². The molecule has 3 aromatic rings. The summed E-state index contributed by atoms with van der Waals surface area (Å²) in [6.07, 6.45) is 3.78. The number of hydrogen-bond acceptors (Lipinski definition) is 4. The quantitative estimate of drug-likeness (QED) is 0.142. The van der Waals surface area contributed by atoms with Gasteiger partial charge in [0.25, 0.3) is 12.4 Å². The molecule has 0 aromatic heterocycles. The predicted octanol–water partition coefficient (Wildman–Crippen LogP) is 7.06. The zero-order valence-electron chi connectivity index (χ0n) is 23.2. The molecule has 11 heteroatoms. The topological polar surface area (TPSA) is 78.9 Å². The lowest BCUT2D eigenvalue weighted by molar-refractivity contribution is -0.128. The first-order valence-corrected chi connectivity index (χ1v) is 14.6. The van der Waals surface area contributed by atoms with Gasteiger partial charge >= 0.3 is 0 Å². The minimum Gasteiger partial charge on any atom is -0.488 e. The predicted molar refractivity (Wildman–Crippen MR) is 160 cm³/mol. The maximum atomic E-state index is 13.9. The fraction of sp³-hybridized carbons (Fsp3) is 0.312. The molecule has 1 amide bonds. The minimum atomic E-state index is -1.32. The molecule has 0 atom stereocenters. The van der Waals surface area contributed by atoms with E-state index in [-0.39, 0.29) is 25.0 Å².